The maximum atomic E-state index is 12.0. The van der Waals surface area contributed by atoms with E-state index in [1.165, 1.54) is 5.56 Å². The Morgan fingerprint density at radius 1 is 1.18 bits per heavy atom. The van der Waals surface area contributed by atoms with Crippen molar-refractivity contribution in [3.63, 3.8) is 0 Å². The zero-order valence-electron chi connectivity index (χ0n) is 10.5. The number of rotatable bonds is 5. The van der Waals surface area contributed by atoms with Crippen LogP contribution in [-0.4, -0.2) is 13.7 Å². The zero-order chi connectivity index (χ0) is 12.5. The molecule has 0 unspecified atom stereocenters. The molecule has 2 nitrogen and oxygen atoms in total. The van der Waals surface area contributed by atoms with Crippen LogP contribution in [0.4, 0.5) is 0 Å². The molecule has 2 rings (SSSR count). The van der Waals surface area contributed by atoms with Crippen LogP contribution in [0.2, 0.25) is 0 Å². The first kappa shape index (κ1) is 12.6. The van der Waals surface area contributed by atoms with Crippen molar-refractivity contribution >= 4 is 9.84 Å². The van der Waals surface area contributed by atoms with E-state index in [2.05, 4.69) is 19.9 Å². The predicted molar refractivity (Wildman–Crippen MR) is 70.6 cm³/mol. The SMILES string of the molecule is CC(C)Cc1ccccc1CS(=O)(=O)C1CC1. The molecule has 1 aliphatic carbocycles. The van der Waals surface area contributed by atoms with Crippen LogP contribution >= 0.6 is 0 Å². The summed E-state index contributed by atoms with van der Waals surface area (Å²) < 4.78 is 24.0. The van der Waals surface area contributed by atoms with Crippen LogP contribution in [0.3, 0.4) is 0 Å². The van der Waals surface area contributed by atoms with Crippen molar-refractivity contribution in [3.8, 4) is 0 Å². The molecule has 0 aliphatic heterocycles. The lowest BCUT2D eigenvalue weighted by Crippen LogP contribution is -2.11. The van der Waals surface area contributed by atoms with Crippen molar-refractivity contribution in [3.05, 3.63) is 35.4 Å². The molecule has 0 saturated heterocycles. The minimum Gasteiger partial charge on any atom is -0.228 e. The number of hydrogen-bond acceptors (Lipinski definition) is 2. The second-order valence-corrected chi connectivity index (χ2v) is 7.65. The van der Waals surface area contributed by atoms with E-state index in [9.17, 15) is 8.42 Å². The van der Waals surface area contributed by atoms with Crippen molar-refractivity contribution in [2.45, 2.75) is 44.1 Å². The Balaban J connectivity index is 2.20. The monoisotopic (exact) mass is 252 g/mol. The lowest BCUT2D eigenvalue weighted by molar-refractivity contribution is 0.592. The summed E-state index contributed by atoms with van der Waals surface area (Å²) in [7, 11) is -2.90. The van der Waals surface area contributed by atoms with E-state index in [1.807, 2.05) is 18.2 Å². The molecular formula is C14H20O2S. The van der Waals surface area contributed by atoms with Crippen LogP contribution in [-0.2, 0) is 22.0 Å². The lowest BCUT2D eigenvalue weighted by Gasteiger charge is -2.11. The second-order valence-electron chi connectivity index (χ2n) is 5.37. The van der Waals surface area contributed by atoms with Gasteiger partial charge in [0.05, 0.1) is 11.0 Å². The zero-order valence-corrected chi connectivity index (χ0v) is 11.3. The first-order valence-corrected chi connectivity index (χ1v) is 7.99. The summed E-state index contributed by atoms with van der Waals surface area (Å²) in [6.07, 6.45) is 2.67. The molecule has 17 heavy (non-hydrogen) atoms. The summed E-state index contributed by atoms with van der Waals surface area (Å²) in [6.45, 7) is 4.32. The van der Waals surface area contributed by atoms with Crippen LogP contribution in [0.25, 0.3) is 0 Å². The van der Waals surface area contributed by atoms with E-state index in [0.29, 0.717) is 5.92 Å². The Hall–Kier alpha value is -0.830. The first-order valence-electron chi connectivity index (χ1n) is 6.27. The summed E-state index contributed by atoms with van der Waals surface area (Å²) in [5, 5.41) is -0.0605. The minimum absolute atomic E-state index is 0.0605. The summed E-state index contributed by atoms with van der Waals surface area (Å²) in [4.78, 5) is 0. The van der Waals surface area contributed by atoms with E-state index in [-0.39, 0.29) is 11.0 Å². The van der Waals surface area contributed by atoms with Gasteiger partial charge >= 0.3 is 0 Å². The molecule has 0 bridgehead atoms. The summed E-state index contributed by atoms with van der Waals surface area (Å²) >= 11 is 0. The van der Waals surface area contributed by atoms with E-state index in [0.717, 1.165) is 24.8 Å². The van der Waals surface area contributed by atoms with E-state index in [1.54, 1.807) is 0 Å². The van der Waals surface area contributed by atoms with Gasteiger partial charge in [0.2, 0.25) is 0 Å². The molecule has 94 valence electrons. The summed E-state index contributed by atoms with van der Waals surface area (Å²) in [5.74, 6) is 0.778. The van der Waals surface area contributed by atoms with Gasteiger partial charge in [-0.1, -0.05) is 38.1 Å². The van der Waals surface area contributed by atoms with Crippen molar-refractivity contribution in [1.29, 1.82) is 0 Å². The molecule has 1 aromatic carbocycles. The fourth-order valence-electron chi connectivity index (χ4n) is 2.10. The highest BCUT2D eigenvalue weighted by Gasteiger charge is 2.35. The lowest BCUT2D eigenvalue weighted by atomic mass is 9.99. The van der Waals surface area contributed by atoms with Gasteiger partial charge in [-0.05, 0) is 36.3 Å². The van der Waals surface area contributed by atoms with Crippen molar-refractivity contribution in [2.24, 2.45) is 5.92 Å². The molecule has 1 saturated carbocycles. The number of hydrogen-bond donors (Lipinski definition) is 0. The van der Waals surface area contributed by atoms with Gasteiger partial charge in [-0.25, -0.2) is 8.42 Å². The molecule has 0 spiro atoms. The minimum atomic E-state index is -2.90. The third-order valence-electron chi connectivity index (χ3n) is 3.14. The topological polar surface area (TPSA) is 34.1 Å². The summed E-state index contributed by atoms with van der Waals surface area (Å²) in [5.41, 5.74) is 2.18. The Kier molecular flexibility index (Phi) is 3.57. The quantitative estimate of drug-likeness (QED) is 0.807. The van der Waals surface area contributed by atoms with Gasteiger partial charge in [0.15, 0.2) is 9.84 Å². The normalized spacial score (nSPS) is 16.4. The molecule has 0 aromatic heterocycles. The molecule has 1 aliphatic rings. The maximum absolute atomic E-state index is 12.0. The molecule has 0 N–H and O–H groups in total. The Labute approximate surface area is 104 Å². The summed E-state index contributed by atoms with van der Waals surface area (Å²) in [6, 6.07) is 7.93. The standard InChI is InChI=1S/C14H20O2S/c1-11(2)9-12-5-3-4-6-13(12)10-17(15,16)14-7-8-14/h3-6,11,14H,7-10H2,1-2H3. The molecule has 0 radical (unpaired) electrons. The molecule has 3 heteroatoms. The molecular weight excluding hydrogens is 232 g/mol. The van der Waals surface area contributed by atoms with Gasteiger partial charge < -0.3 is 0 Å². The van der Waals surface area contributed by atoms with Gasteiger partial charge in [-0.3, -0.25) is 0 Å². The Morgan fingerprint density at radius 2 is 1.76 bits per heavy atom. The van der Waals surface area contributed by atoms with Crippen LogP contribution in [0.5, 0.6) is 0 Å². The molecule has 1 aromatic rings. The largest absolute Gasteiger partial charge is 0.228 e. The number of benzene rings is 1. The highest BCUT2D eigenvalue weighted by atomic mass is 32.2. The molecule has 0 atom stereocenters. The average molecular weight is 252 g/mol. The third kappa shape index (κ3) is 3.32. The Morgan fingerprint density at radius 3 is 2.29 bits per heavy atom. The fraction of sp³-hybridized carbons (Fsp3) is 0.571. The van der Waals surface area contributed by atoms with Crippen molar-refractivity contribution in [2.75, 3.05) is 0 Å². The maximum Gasteiger partial charge on any atom is 0.157 e. The van der Waals surface area contributed by atoms with Gasteiger partial charge in [0, 0.05) is 0 Å². The van der Waals surface area contributed by atoms with E-state index >= 15 is 0 Å². The van der Waals surface area contributed by atoms with Gasteiger partial charge in [0.25, 0.3) is 0 Å². The van der Waals surface area contributed by atoms with Gasteiger partial charge in [-0.15, -0.1) is 0 Å². The second kappa shape index (κ2) is 4.81. The highest BCUT2D eigenvalue weighted by molar-refractivity contribution is 7.91. The fourth-order valence-corrected chi connectivity index (χ4v) is 3.90. The van der Waals surface area contributed by atoms with E-state index < -0.39 is 9.84 Å². The highest BCUT2D eigenvalue weighted by Crippen LogP contribution is 2.31. The van der Waals surface area contributed by atoms with Gasteiger partial charge in [-0.2, -0.15) is 0 Å². The number of sulfone groups is 1. The van der Waals surface area contributed by atoms with Crippen molar-refractivity contribution < 1.29 is 8.42 Å². The smallest absolute Gasteiger partial charge is 0.157 e. The van der Waals surface area contributed by atoms with Crippen LogP contribution < -0.4 is 0 Å². The third-order valence-corrected chi connectivity index (χ3v) is 5.34. The van der Waals surface area contributed by atoms with Crippen molar-refractivity contribution in [1.82, 2.24) is 0 Å². The molecule has 0 amide bonds. The average Bonchev–Trinajstić information content (AvgIpc) is 3.03. The first-order chi connectivity index (χ1) is 7.99. The Bertz CT molecular complexity index is 485. The molecule has 0 heterocycles. The van der Waals surface area contributed by atoms with Crippen LogP contribution in [0.15, 0.2) is 24.3 Å². The van der Waals surface area contributed by atoms with Gasteiger partial charge in [0.1, 0.15) is 0 Å². The van der Waals surface area contributed by atoms with Crippen LogP contribution in [0, 0.1) is 5.92 Å². The predicted octanol–water partition coefficient (Wildman–Crippen LogP) is 2.96. The van der Waals surface area contributed by atoms with E-state index in [4.69, 9.17) is 0 Å². The molecule has 1 fully saturated rings. The van der Waals surface area contributed by atoms with Crippen LogP contribution in [0.1, 0.15) is 37.8 Å².